The third-order valence-corrected chi connectivity index (χ3v) is 10.7. The number of allylic oxidation sites excluding steroid dienone is 1. The van der Waals surface area contributed by atoms with Crippen molar-refractivity contribution >= 4 is 67.8 Å². The van der Waals surface area contributed by atoms with Gasteiger partial charge < -0.3 is 19.3 Å². The van der Waals surface area contributed by atoms with E-state index in [1.807, 2.05) is 51.0 Å². The molecule has 3 aromatic carbocycles. The monoisotopic (exact) mass is 740 g/mol. The summed E-state index contributed by atoms with van der Waals surface area (Å²) < 4.78 is 45.0. The molecule has 50 heavy (non-hydrogen) atoms. The molecular weight excluding hydrogens is 703 g/mol. The quantitative estimate of drug-likeness (QED) is 0.194. The van der Waals surface area contributed by atoms with Crippen molar-refractivity contribution < 1.29 is 37.2 Å². The van der Waals surface area contributed by atoms with E-state index in [-0.39, 0.29) is 40.3 Å². The molecular formula is C37H38Cl2N2O8S. The van der Waals surface area contributed by atoms with E-state index in [0.717, 1.165) is 22.9 Å². The van der Waals surface area contributed by atoms with Crippen LogP contribution >= 0.6 is 23.2 Å². The Hall–Kier alpha value is -4.25. The molecule has 0 fully saturated rings. The van der Waals surface area contributed by atoms with Crippen LogP contribution in [-0.4, -0.2) is 61.1 Å². The van der Waals surface area contributed by atoms with Gasteiger partial charge in [0.1, 0.15) is 18.5 Å². The van der Waals surface area contributed by atoms with Gasteiger partial charge in [0, 0.05) is 70.7 Å². The van der Waals surface area contributed by atoms with Gasteiger partial charge >= 0.3 is 12.1 Å². The molecule has 13 heteroatoms. The first-order valence-electron chi connectivity index (χ1n) is 15.2. The summed E-state index contributed by atoms with van der Waals surface area (Å²) in [6.45, 7) is 10.2. The molecule has 0 bridgehead atoms. The van der Waals surface area contributed by atoms with Gasteiger partial charge in [-0.2, -0.15) is 9.59 Å². The van der Waals surface area contributed by atoms with Gasteiger partial charge in [0.2, 0.25) is 5.36 Å². The van der Waals surface area contributed by atoms with E-state index in [4.69, 9.17) is 37.5 Å². The number of likely N-dealkylation sites (N-methyl/N-ethyl adjacent to an activating group) is 2. The number of anilines is 1. The molecule has 0 amide bonds. The molecule has 0 spiro atoms. The molecule has 3 aromatic rings. The molecule has 264 valence electrons. The van der Waals surface area contributed by atoms with Crippen LogP contribution in [0.5, 0.6) is 11.5 Å². The van der Waals surface area contributed by atoms with Crippen LogP contribution < -0.4 is 24.8 Å². The smallest absolute Gasteiger partial charge is 0.373 e. The first kappa shape index (κ1) is 38.6. The summed E-state index contributed by atoms with van der Waals surface area (Å²) in [6, 6.07) is 10.6. The summed E-state index contributed by atoms with van der Waals surface area (Å²) in [4.78, 5) is 31.0. The third-order valence-electron chi connectivity index (χ3n) is 9.43. The van der Waals surface area contributed by atoms with Crippen LogP contribution in [0.3, 0.4) is 0 Å². The number of carboxylic acid groups (broad SMARTS) is 1. The van der Waals surface area contributed by atoms with Gasteiger partial charge in [0.05, 0.1) is 38.1 Å². The molecule has 6 rings (SSSR count). The standard InChI is InChI=1S/C35H34Cl2N2O6S.CO2.CH4/c1-8-18-15-34(2,3)38(6)26-13-28-22(11-20(18)26)30(31-24(36)9-10-25(37)32(31)33(40)41)23-12-21-19(17-46(42,43)44)16-35(4,5)39(7)27(21)14-29(23)45-28;2-1-3;/h9-16H,8,17H2,1-7H3,(H-,40,41,42,43,44);;1H4. The van der Waals surface area contributed by atoms with Gasteiger partial charge in [0.25, 0.3) is 0 Å². The molecule has 1 N–H and O–H groups in total. The van der Waals surface area contributed by atoms with Crippen LogP contribution in [0.1, 0.15) is 81.1 Å². The van der Waals surface area contributed by atoms with Crippen LogP contribution in [0.4, 0.5) is 5.69 Å². The number of hydrogen-bond acceptors (Lipinski definition) is 8. The van der Waals surface area contributed by atoms with Crippen molar-refractivity contribution in [2.24, 2.45) is 0 Å². The summed E-state index contributed by atoms with van der Waals surface area (Å²) in [5.74, 6) is -1.03. The Morgan fingerprint density at radius 3 is 2.18 bits per heavy atom. The summed E-state index contributed by atoms with van der Waals surface area (Å²) in [5, 5.41) is 12.2. The van der Waals surface area contributed by atoms with Crippen LogP contribution in [0.25, 0.3) is 16.7 Å². The predicted molar refractivity (Wildman–Crippen MR) is 194 cm³/mol. The molecule has 0 unspecified atom stereocenters. The number of aromatic carboxylic acids is 1. The van der Waals surface area contributed by atoms with Crippen LogP contribution in [0.15, 0.2) is 48.6 Å². The predicted octanol–water partition coefficient (Wildman–Crippen LogP) is 5.96. The average molecular weight is 742 g/mol. The molecule has 0 saturated heterocycles. The second-order valence-corrected chi connectivity index (χ2v) is 15.4. The fourth-order valence-corrected chi connectivity index (χ4v) is 7.84. The lowest BCUT2D eigenvalue weighted by molar-refractivity contribution is -0.191. The molecule has 3 heterocycles. The minimum absolute atomic E-state index is 0. The van der Waals surface area contributed by atoms with Gasteiger partial charge in [-0.15, -0.1) is 0 Å². The first-order chi connectivity index (χ1) is 22.8. The van der Waals surface area contributed by atoms with E-state index in [0.29, 0.717) is 44.7 Å². The van der Waals surface area contributed by atoms with Gasteiger partial charge in [-0.25, -0.2) is 17.8 Å². The normalized spacial score (nSPS) is 16.4. The second kappa shape index (κ2) is 13.5. The largest absolute Gasteiger partial charge is 0.748 e. The van der Waals surface area contributed by atoms with E-state index in [1.165, 1.54) is 6.07 Å². The Labute approximate surface area is 301 Å². The highest BCUT2D eigenvalue weighted by Crippen LogP contribution is 2.48. The van der Waals surface area contributed by atoms with Gasteiger partial charge in [0.15, 0.2) is 5.54 Å². The fourth-order valence-electron chi connectivity index (χ4n) is 6.73. The molecule has 0 aromatic heterocycles. The zero-order chi connectivity index (χ0) is 36.4. The maximum absolute atomic E-state index is 12.7. The van der Waals surface area contributed by atoms with Crippen molar-refractivity contribution in [2.75, 3.05) is 24.7 Å². The summed E-state index contributed by atoms with van der Waals surface area (Å²) in [5.41, 5.74) is 3.76. The highest BCUT2D eigenvalue weighted by Gasteiger charge is 2.37. The van der Waals surface area contributed by atoms with Crippen molar-refractivity contribution in [3.05, 3.63) is 97.0 Å². The van der Waals surface area contributed by atoms with E-state index < -0.39 is 27.4 Å². The Morgan fingerprint density at radius 1 is 0.980 bits per heavy atom. The number of benzene rings is 3. The summed E-state index contributed by atoms with van der Waals surface area (Å²) >= 11 is 13.4. The van der Waals surface area contributed by atoms with Gasteiger partial charge in [-0.1, -0.05) is 43.6 Å². The van der Waals surface area contributed by atoms with E-state index in [1.54, 1.807) is 18.2 Å². The number of halogens is 2. The molecule has 0 aliphatic carbocycles. The highest BCUT2D eigenvalue weighted by molar-refractivity contribution is 7.86. The number of carbonyl (C=O) groups is 1. The number of carbonyl (C=O) groups excluding carboxylic acids is 2. The van der Waals surface area contributed by atoms with Gasteiger partial charge in [-0.3, -0.25) is 0 Å². The molecule has 3 aliphatic heterocycles. The van der Waals surface area contributed by atoms with Crippen molar-refractivity contribution in [1.82, 2.24) is 4.58 Å². The number of ether oxygens (including phenoxy) is 1. The molecule has 0 radical (unpaired) electrons. The lowest BCUT2D eigenvalue weighted by atomic mass is 9.83. The third kappa shape index (κ3) is 6.64. The van der Waals surface area contributed by atoms with E-state index >= 15 is 0 Å². The number of rotatable bonds is 5. The van der Waals surface area contributed by atoms with Crippen molar-refractivity contribution in [2.45, 2.75) is 59.5 Å². The molecule has 3 aliphatic rings. The fraction of sp³-hybridized carbons (Fsp3) is 0.324. The van der Waals surface area contributed by atoms with Crippen LogP contribution in [0.2, 0.25) is 10.0 Å². The van der Waals surface area contributed by atoms with E-state index in [2.05, 4.69) is 31.4 Å². The zero-order valence-electron chi connectivity index (χ0n) is 27.9. The second-order valence-electron chi connectivity index (χ2n) is 13.2. The lowest BCUT2D eigenvalue weighted by Gasteiger charge is -2.42. The van der Waals surface area contributed by atoms with Crippen molar-refractivity contribution in [1.29, 1.82) is 0 Å². The Balaban J connectivity index is 0.00000136. The maximum atomic E-state index is 12.7. The van der Waals surface area contributed by atoms with Crippen LogP contribution in [0, 0.1) is 0 Å². The summed E-state index contributed by atoms with van der Waals surface area (Å²) in [7, 11) is -0.728. The number of hydrogen-bond donors (Lipinski definition) is 1. The Kier molecular flexibility index (Phi) is 10.4. The summed E-state index contributed by atoms with van der Waals surface area (Å²) in [6.07, 6.45) is 5.01. The topological polar surface area (TPSA) is 144 Å². The zero-order valence-corrected chi connectivity index (χ0v) is 30.2. The lowest BCUT2D eigenvalue weighted by Crippen LogP contribution is -2.47. The van der Waals surface area contributed by atoms with E-state index in [9.17, 15) is 22.9 Å². The first-order valence-corrected chi connectivity index (χ1v) is 17.6. The number of nitrogens with zero attached hydrogens (tertiary/aromatic N) is 2. The average Bonchev–Trinajstić information content (AvgIpc) is 2.99. The number of carboxylic acids is 1. The molecule has 10 nitrogen and oxygen atoms in total. The Bertz CT molecular complexity index is 2300. The maximum Gasteiger partial charge on any atom is 0.373 e. The van der Waals surface area contributed by atoms with Gasteiger partial charge in [-0.05, 0) is 61.8 Å². The molecule has 0 atom stereocenters. The molecule has 0 saturated carbocycles. The Morgan fingerprint density at radius 2 is 1.60 bits per heavy atom. The van der Waals surface area contributed by atoms with Crippen molar-refractivity contribution in [3.8, 4) is 11.5 Å². The number of fused-ring (bicyclic) bond motifs is 4. The van der Waals surface area contributed by atoms with Crippen LogP contribution in [-0.2, 0) is 19.7 Å². The SMILES string of the molecule is C.CCC1=CC(C)(C)[N+](C)=c2cc3c(cc21)=C(c1c(Cl)ccc(Cl)c1C(=O)O)c1cc2c(cc1O3)N(C)C(C)(C)C=C2CS(=O)(=O)[O-].O=C=O. The minimum Gasteiger partial charge on any atom is -0.748 e. The van der Waals surface area contributed by atoms with Crippen molar-refractivity contribution in [3.63, 3.8) is 0 Å². The minimum atomic E-state index is -4.64. The highest BCUT2D eigenvalue weighted by atomic mass is 35.5.